The molecule has 0 bridgehead atoms. The lowest BCUT2D eigenvalue weighted by atomic mass is 10.1. The van der Waals surface area contributed by atoms with Crippen molar-refractivity contribution in [3.8, 4) is 0 Å². The third-order valence-electron chi connectivity index (χ3n) is 1.89. The SMILES string of the molecule is COC(=O)c1ccc(Cl)c(CN=C=O)c1Cl. The van der Waals surface area contributed by atoms with Crippen molar-refractivity contribution in [2.75, 3.05) is 7.11 Å². The van der Waals surface area contributed by atoms with Gasteiger partial charge in [-0.3, -0.25) is 0 Å². The third-order valence-corrected chi connectivity index (χ3v) is 2.68. The number of esters is 1. The number of nitrogens with zero attached hydrogens (tertiary/aromatic N) is 1. The smallest absolute Gasteiger partial charge is 0.339 e. The average molecular weight is 260 g/mol. The Labute approximate surface area is 102 Å². The summed E-state index contributed by atoms with van der Waals surface area (Å²) < 4.78 is 4.54. The zero-order chi connectivity index (χ0) is 12.1. The van der Waals surface area contributed by atoms with Gasteiger partial charge in [0.25, 0.3) is 0 Å². The van der Waals surface area contributed by atoms with Gasteiger partial charge < -0.3 is 4.74 Å². The molecule has 0 spiro atoms. The van der Waals surface area contributed by atoms with Gasteiger partial charge in [0.1, 0.15) is 0 Å². The van der Waals surface area contributed by atoms with E-state index in [1.54, 1.807) is 0 Å². The Kier molecular flexibility index (Phi) is 4.50. The first-order chi connectivity index (χ1) is 7.61. The number of ether oxygens (including phenoxy) is 1. The van der Waals surface area contributed by atoms with E-state index >= 15 is 0 Å². The van der Waals surface area contributed by atoms with Crippen molar-refractivity contribution in [3.63, 3.8) is 0 Å². The molecule has 0 radical (unpaired) electrons. The Hall–Kier alpha value is -1.35. The van der Waals surface area contributed by atoms with E-state index in [1.807, 2.05) is 0 Å². The van der Waals surface area contributed by atoms with Gasteiger partial charge in [0.15, 0.2) is 0 Å². The van der Waals surface area contributed by atoms with E-state index in [2.05, 4.69) is 9.73 Å². The Morgan fingerprint density at radius 2 is 2.19 bits per heavy atom. The highest BCUT2D eigenvalue weighted by molar-refractivity contribution is 6.37. The lowest BCUT2D eigenvalue weighted by Crippen LogP contribution is -2.04. The van der Waals surface area contributed by atoms with E-state index in [9.17, 15) is 9.59 Å². The number of isocyanates is 1. The van der Waals surface area contributed by atoms with Crippen molar-refractivity contribution in [2.45, 2.75) is 6.54 Å². The molecule has 0 aliphatic carbocycles. The van der Waals surface area contributed by atoms with Crippen molar-refractivity contribution in [3.05, 3.63) is 33.3 Å². The molecule has 0 aliphatic rings. The van der Waals surface area contributed by atoms with Crippen molar-refractivity contribution >= 4 is 35.3 Å². The molecule has 0 amide bonds. The van der Waals surface area contributed by atoms with Crippen LogP contribution in [0.4, 0.5) is 0 Å². The third kappa shape index (κ3) is 2.61. The molecule has 6 heteroatoms. The molecule has 0 saturated carbocycles. The van der Waals surface area contributed by atoms with Crippen LogP contribution in [0, 0.1) is 0 Å². The second-order valence-corrected chi connectivity index (χ2v) is 3.57. The summed E-state index contributed by atoms with van der Waals surface area (Å²) in [5, 5.41) is 0.468. The van der Waals surface area contributed by atoms with Crippen molar-refractivity contribution in [1.82, 2.24) is 0 Å². The summed E-state index contributed by atoms with van der Waals surface area (Å²) in [5.74, 6) is -0.571. The number of aliphatic imine (C=N–C) groups is 1. The monoisotopic (exact) mass is 259 g/mol. The summed E-state index contributed by atoms with van der Waals surface area (Å²) in [6, 6.07) is 2.94. The van der Waals surface area contributed by atoms with Gasteiger partial charge in [0.05, 0.1) is 24.2 Å². The molecule has 0 aliphatic heterocycles. The minimum Gasteiger partial charge on any atom is -0.465 e. The van der Waals surface area contributed by atoms with Gasteiger partial charge >= 0.3 is 5.97 Å². The highest BCUT2D eigenvalue weighted by atomic mass is 35.5. The first kappa shape index (κ1) is 12.7. The van der Waals surface area contributed by atoms with E-state index < -0.39 is 5.97 Å². The van der Waals surface area contributed by atoms with Gasteiger partial charge in [0.2, 0.25) is 6.08 Å². The highest BCUT2D eigenvalue weighted by Gasteiger charge is 2.16. The largest absolute Gasteiger partial charge is 0.465 e. The van der Waals surface area contributed by atoms with E-state index in [1.165, 1.54) is 25.3 Å². The summed E-state index contributed by atoms with van der Waals surface area (Å²) in [7, 11) is 1.25. The first-order valence-corrected chi connectivity index (χ1v) is 4.96. The highest BCUT2D eigenvalue weighted by Crippen LogP contribution is 2.29. The molecule has 0 atom stereocenters. The minimum atomic E-state index is -0.571. The first-order valence-electron chi connectivity index (χ1n) is 4.20. The van der Waals surface area contributed by atoms with Crippen molar-refractivity contribution in [1.29, 1.82) is 0 Å². The normalized spacial score (nSPS) is 9.44. The van der Waals surface area contributed by atoms with Crippen LogP contribution in [0.5, 0.6) is 0 Å². The maximum absolute atomic E-state index is 11.3. The minimum absolute atomic E-state index is 0.0218. The predicted molar refractivity (Wildman–Crippen MR) is 59.6 cm³/mol. The summed E-state index contributed by atoms with van der Waals surface area (Å²) in [6.07, 6.45) is 1.37. The topological polar surface area (TPSA) is 55.7 Å². The van der Waals surface area contributed by atoms with E-state index in [-0.39, 0.29) is 17.1 Å². The van der Waals surface area contributed by atoms with Crippen LogP contribution in [-0.2, 0) is 16.1 Å². The Morgan fingerprint density at radius 1 is 1.50 bits per heavy atom. The van der Waals surface area contributed by atoms with Gasteiger partial charge in [-0.25, -0.2) is 14.6 Å². The molecular formula is C10H7Cl2NO3. The van der Waals surface area contributed by atoms with E-state index in [0.29, 0.717) is 10.6 Å². The molecule has 1 aromatic carbocycles. The van der Waals surface area contributed by atoms with Crippen LogP contribution in [0.1, 0.15) is 15.9 Å². The van der Waals surface area contributed by atoms with Crippen molar-refractivity contribution < 1.29 is 14.3 Å². The molecule has 84 valence electrons. The van der Waals surface area contributed by atoms with Gasteiger partial charge in [0, 0.05) is 10.6 Å². The van der Waals surface area contributed by atoms with Crippen LogP contribution >= 0.6 is 23.2 Å². The molecule has 0 fully saturated rings. The fourth-order valence-electron chi connectivity index (χ4n) is 1.12. The second kappa shape index (κ2) is 5.66. The summed E-state index contributed by atoms with van der Waals surface area (Å²) in [4.78, 5) is 24.7. The molecule has 0 N–H and O–H groups in total. The molecule has 16 heavy (non-hydrogen) atoms. The fourth-order valence-corrected chi connectivity index (χ4v) is 1.69. The Morgan fingerprint density at radius 3 is 2.75 bits per heavy atom. The lowest BCUT2D eigenvalue weighted by molar-refractivity contribution is 0.0601. The number of carbonyl (C=O) groups excluding carboxylic acids is 2. The molecule has 4 nitrogen and oxygen atoms in total. The van der Waals surface area contributed by atoms with E-state index in [0.717, 1.165) is 0 Å². The van der Waals surface area contributed by atoms with Gasteiger partial charge in [-0.15, -0.1) is 0 Å². The van der Waals surface area contributed by atoms with Crippen LogP contribution in [-0.4, -0.2) is 19.2 Å². The molecule has 0 unspecified atom stereocenters. The maximum atomic E-state index is 11.3. The molecule has 0 heterocycles. The van der Waals surface area contributed by atoms with Crippen LogP contribution < -0.4 is 0 Å². The van der Waals surface area contributed by atoms with E-state index in [4.69, 9.17) is 23.2 Å². The second-order valence-electron chi connectivity index (χ2n) is 2.79. The number of benzene rings is 1. The van der Waals surface area contributed by atoms with Crippen LogP contribution in [0.2, 0.25) is 10.0 Å². The van der Waals surface area contributed by atoms with Gasteiger partial charge in [-0.2, -0.15) is 0 Å². The van der Waals surface area contributed by atoms with Crippen LogP contribution in [0.3, 0.4) is 0 Å². The van der Waals surface area contributed by atoms with Crippen LogP contribution in [0.25, 0.3) is 0 Å². The lowest BCUT2D eigenvalue weighted by Gasteiger charge is -2.07. The number of hydrogen-bond donors (Lipinski definition) is 0. The van der Waals surface area contributed by atoms with Gasteiger partial charge in [-0.05, 0) is 12.1 Å². The summed E-state index contributed by atoms with van der Waals surface area (Å²) in [5.41, 5.74) is 0.583. The Balaban J connectivity index is 3.26. The summed E-state index contributed by atoms with van der Waals surface area (Å²) >= 11 is 11.8. The molecule has 1 aromatic rings. The van der Waals surface area contributed by atoms with Crippen LogP contribution in [0.15, 0.2) is 17.1 Å². The quantitative estimate of drug-likeness (QED) is 0.477. The summed E-state index contributed by atoms with van der Waals surface area (Å²) in [6.45, 7) is -0.0218. The predicted octanol–water partition coefficient (Wildman–Crippen LogP) is 2.62. The molecular weight excluding hydrogens is 253 g/mol. The number of halogens is 2. The number of rotatable bonds is 3. The number of methoxy groups -OCH3 is 1. The molecule has 0 aromatic heterocycles. The number of carbonyl (C=O) groups is 1. The standard InChI is InChI=1S/C10H7Cl2NO3/c1-16-10(15)6-2-3-8(11)7(9(6)12)4-13-5-14/h2-3H,4H2,1H3. The molecule has 0 saturated heterocycles. The van der Waals surface area contributed by atoms with Crippen molar-refractivity contribution in [2.24, 2.45) is 4.99 Å². The zero-order valence-electron chi connectivity index (χ0n) is 8.29. The van der Waals surface area contributed by atoms with Gasteiger partial charge in [-0.1, -0.05) is 23.2 Å². The fraction of sp³-hybridized carbons (Fsp3) is 0.200. The average Bonchev–Trinajstić information content (AvgIpc) is 2.28. The molecule has 1 rings (SSSR count). The maximum Gasteiger partial charge on any atom is 0.339 e. The number of hydrogen-bond acceptors (Lipinski definition) is 4. The zero-order valence-corrected chi connectivity index (χ0v) is 9.80. The Bertz CT molecular complexity index is 467.